The van der Waals surface area contributed by atoms with Crippen LogP contribution in [0.4, 0.5) is 0 Å². The number of methoxy groups -OCH3 is 1. The normalized spacial score (nSPS) is 13.8. The van der Waals surface area contributed by atoms with E-state index >= 15 is 0 Å². The summed E-state index contributed by atoms with van der Waals surface area (Å²) in [6.07, 6.45) is 7.80. The molecule has 0 saturated heterocycles. The molecule has 1 aromatic carbocycles. The molecule has 0 amide bonds. The molecule has 30 heavy (non-hydrogen) atoms. The van der Waals surface area contributed by atoms with Gasteiger partial charge in [-0.1, -0.05) is 0 Å². The van der Waals surface area contributed by atoms with Crippen LogP contribution in [0.25, 0.3) is 11.3 Å². The molecule has 2 aromatic heterocycles. The van der Waals surface area contributed by atoms with Crippen LogP contribution in [-0.2, 0) is 29.4 Å². The number of nitrogens with one attached hydrogen (secondary N) is 1. The van der Waals surface area contributed by atoms with Crippen LogP contribution in [0.15, 0.2) is 47.6 Å². The first-order chi connectivity index (χ1) is 14.5. The van der Waals surface area contributed by atoms with Gasteiger partial charge in [0.1, 0.15) is 5.75 Å². The van der Waals surface area contributed by atoms with Crippen molar-refractivity contribution in [1.29, 1.82) is 0 Å². The van der Waals surface area contributed by atoms with Gasteiger partial charge in [-0.05, 0) is 68.5 Å². The molecule has 1 aliphatic carbocycles. The third-order valence-electron chi connectivity index (χ3n) is 5.50. The smallest absolute Gasteiger partial charge is 0.240 e. The van der Waals surface area contributed by atoms with E-state index in [0.717, 1.165) is 42.5 Å². The Hall–Kier alpha value is -2.71. The maximum Gasteiger partial charge on any atom is 0.240 e. The van der Waals surface area contributed by atoms with Gasteiger partial charge in [-0.3, -0.25) is 9.67 Å². The summed E-state index contributed by atoms with van der Waals surface area (Å²) in [7, 11) is -2.03. The number of fused-ring (bicyclic) bond motifs is 1. The van der Waals surface area contributed by atoms with E-state index in [1.54, 1.807) is 37.7 Å². The molecule has 158 valence electrons. The Balaban J connectivity index is 1.51. The number of pyridine rings is 1. The van der Waals surface area contributed by atoms with Gasteiger partial charge in [0.15, 0.2) is 0 Å². The zero-order valence-electron chi connectivity index (χ0n) is 17.3. The van der Waals surface area contributed by atoms with Gasteiger partial charge in [-0.15, -0.1) is 0 Å². The topological polar surface area (TPSA) is 86.1 Å². The molecule has 0 bridgehead atoms. The predicted octanol–water partition coefficient (Wildman–Crippen LogP) is 3.12. The van der Waals surface area contributed by atoms with Crippen LogP contribution in [-0.4, -0.2) is 36.8 Å². The number of aromatic nitrogens is 3. The van der Waals surface area contributed by atoms with Gasteiger partial charge < -0.3 is 4.74 Å². The minimum atomic E-state index is -3.60. The van der Waals surface area contributed by atoms with Gasteiger partial charge in [0.05, 0.1) is 24.2 Å². The van der Waals surface area contributed by atoms with Gasteiger partial charge in [0.25, 0.3) is 0 Å². The monoisotopic (exact) mass is 426 g/mol. The van der Waals surface area contributed by atoms with Crippen LogP contribution in [0.1, 0.15) is 29.7 Å². The summed E-state index contributed by atoms with van der Waals surface area (Å²) >= 11 is 0. The first-order valence-corrected chi connectivity index (χ1v) is 11.6. The van der Waals surface area contributed by atoms with Crippen LogP contribution < -0.4 is 9.46 Å². The highest BCUT2D eigenvalue weighted by Gasteiger charge is 2.22. The summed E-state index contributed by atoms with van der Waals surface area (Å²) in [4.78, 5) is 4.33. The van der Waals surface area contributed by atoms with E-state index < -0.39 is 10.0 Å². The van der Waals surface area contributed by atoms with Crippen molar-refractivity contribution in [3.8, 4) is 17.0 Å². The second-order valence-electron chi connectivity index (χ2n) is 7.47. The molecule has 4 rings (SSSR count). The van der Waals surface area contributed by atoms with Gasteiger partial charge in [-0.25, -0.2) is 13.1 Å². The van der Waals surface area contributed by atoms with Crippen LogP contribution in [0.5, 0.6) is 5.75 Å². The summed E-state index contributed by atoms with van der Waals surface area (Å²) in [5, 5.41) is 4.83. The molecule has 2 heterocycles. The van der Waals surface area contributed by atoms with Crippen molar-refractivity contribution in [1.82, 2.24) is 19.5 Å². The average Bonchev–Trinajstić information content (AvgIpc) is 3.13. The molecule has 0 radical (unpaired) electrons. The van der Waals surface area contributed by atoms with Crippen molar-refractivity contribution in [2.45, 2.75) is 44.0 Å². The third kappa shape index (κ3) is 4.11. The van der Waals surface area contributed by atoms with Crippen molar-refractivity contribution >= 4 is 10.0 Å². The summed E-state index contributed by atoms with van der Waals surface area (Å²) in [5.74, 6) is 0.667. The Bertz CT molecular complexity index is 1140. The van der Waals surface area contributed by atoms with E-state index in [-0.39, 0.29) is 11.4 Å². The molecular formula is C22H26N4O3S. The lowest BCUT2D eigenvalue weighted by molar-refractivity contribution is 0.411. The summed E-state index contributed by atoms with van der Waals surface area (Å²) < 4.78 is 35.3. The second kappa shape index (κ2) is 8.57. The fourth-order valence-corrected chi connectivity index (χ4v) is 5.09. The number of aryl methyl sites for hydroxylation is 1. The number of hydrogen-bond acceptors (Lipinski definition) is 5. The zero-order chi connectivity index (χ0) is 21.1. The Labute approximate surface area is 177 Å². The van der Waals surface area contributed by atoms with E-state index in [9.17, 15) is 8.42 Å². The lowest BCUT2D eigenvalue weighted by atomic mass is 9.94. The predicted molar refractivity (Wildman–Crippen MR) is 115 cm³/mol. The lowest BCUT2D eigenvalue weighted by Crippen LogP contribution is -2.28. The molecule has 0 saturated carbocycles. The van der Waals surface area contributed by atoms with Gasteiger partial charge in [0.2, 0.25) is 10.0 Å². The van der Waals surface area contributed by atoms with Crippen molar-refractivity contribution in [3.63, 3.8) is 0 Å². The fourth-order valence-electron chi connectivity index (χ4n) is 3.98. The fraction of sp³-hybridized carbons (Fsp3) is 0.364. The second-order valence-corrected chi connectivity index (χ2v) is 9.24. The summed E-state index contributed by atoms with van der Waals surface area (Å²) in [6.45, 7) is 2.59. The number of ether oxygens (including phenoxy) is 1. The minimum absolute atomic E-state index is 0.237. The molecule has 8 heteroatoms. The van der Waals surface area contributed by atoms with E-state index in [2.05, 4.69) is 9.71 Å². The molecule has 0 aliphatic heterocycles. The van der Waals surface area contributed by atoms with Crippen molar-refractivity contribution in [2.75, 3.05) is 13.7 Å². The maximum atomic E-state index is 12.7. The van der Waals surface area contributed by atoms with Crippen LogP contribution >= 0.6 is 0 Å². The van der Waals surface area contributed by atoms with E-state index in [1.807, 2.05) is 23.7 Å². The van der Waals surface area contributed by atoms with Crippen LogP contribution in [0.3, 0.4) is 0 Å². The number of hydrogen-bond donors (Lipinski definition) is 1. The van der Waals surface area contributed by atoms with E-state index in [0.29, 0.717) is 12.3 Å². The molecule has 0 spiro atoms. The quantitative estimate of drug-likeness (QED) is 0.627. The number of nitrogens with zero attached hydrogens (tertiary/aromatic N) is 3. The number of rotatable bonds is 7. The Kier molecular flexibility index (Phi) is 5.87. The van der Waals surface area contributed by atoms with Gasteiger partial charge >= 0.3 is 0 Å². The molecular weight excluding hydrogens is 400 g/mol. The zero-order valence-corrected chi connectivity index (χ0v) is 18.1. The third-order valence-corrected chi connectivity index (χ3v) is 6.96. The average molecular weight is 427 g/mol. The van der Waals surface area contributed by atoms with Crippen LogP contribution in [0.2, 0.25) is 0 Å². The molecule has 1 N–H and O–H groups in total. The minimum Gasteiger partial charge on any atom is -0.496 e. The lowest BCUT2D eigenvalue weighted by Gasteiger charge is -2.15. The first-order valence-electron chi connectivity index (χ1n) is 10.1. The first kappa shape index (κ1) is 20.6. The van der Waals surface area contributed by atoms with Crippen molar-refractivity contribution in [2.24, 2.45) is 0 Å². The Morgan fingerprint density at radius 2 is 1.90 bits per heavy atom. The maximum absolute atomic E-state index is 12.7. The SMILES string of the molecule is COc1ccc(S(=O)(=O)NCCn2nc(-c3ccncc3)c3c2CCCC3)cc1C. The highest BCUT2D eigenvalue weighted by molar-refractivity contribution is 7.89. The van der Waals surface area contributed by atoms with E-state index in [4.69, 9.17) is 9.84 Å². The van der Waals surface area contributed by atoms with Crippen molar-refractivity contribution in [3.05, 3.63) is 59.5 Å². The molecule has 7 nitrogen and oxygen atoms in total. The largest absolute Gasteiger partial charge is 0.496 e. The van der Waals surface area contributed by atoms with E-state index in [1.165, 1.54) is 11.3 Å². The highest BCUT2D eigenvalue weighted by Crippen LogP contribution is 2.31. The highest BCUT2D eigenvalue weighted by atomic mass is 32.2. The Morgan fingerprint density at radius 1 is 1.13 bits per heavy atom. The number of sulfonamides is 1. The molecule has 1 aliphatic rings. The molecule has 0 unspecified atom stereocenters. The standard InChI is InChI=1S/C22H26N4O3S/c1-16-15-18(7-8-21(16)29-2)30(27,28)24-13-14-26-20-6-4-3-5-19(20)22(25-26)17-9-11-23-12-10-17/h7-12,15,24H,3-6,13-14H2,1-2H3. The summed E-state index contributed by atoms with van der Waals surface area (Å²) in [5.41, 5.74) is 5.31. The van der Waals surface area contributed by atoms with Gasteiger partial charge in [0, 0.05) is 35.8 Å². The molecule has 3 aromatic rings. The van der Waals surface area contributed by atoms with Crippen molar-refractivity contribution < 1.29 is 13.2 Å². The van der Waals surface area contributed by atoms with Crippen LogP contribution in [0, 0.1) is 6.92 Å². The number of benzene rings is 1. The molecule has 0 atom stereocenters. The van der Waals surface area contributed by atoms with Gasteiger partial charge in [-0.2, -0.15) is 5.10 Å². The molecule has 0 fully saturated rings. The Morgan fingerprint density at radius 3 is 2.63 bits per heavy atom. The summed E-state index contributed by atoms with van der Waals surface area (Å²) in [6, 6.07) is 8.80.